The maximum atomic E-state index is 12.5. The lowest BCUT2D eigenvalue weighted by Crippen LogP contribution is -2.50. The molecule has 0 saturated carbocycles. The third-order valence-electron chi connectivity index (χ3n) is 2.98. The lowest BCUT2D eigenvalue weighted by atomic mass is 9.86. The molecule has 1 atom stereocenters. The molecular formula is C15H21N3O. The van der Waals surface area contributed by atoms with E-state index in [2.05, 4.69) is 6.07 Å². The topological polar surface area (TPSA) is 70.1 Å². The minimum Gasteiger partial charge on any atom is -0.319 e. The van der Waals surface area contributed by atoms with Gasteiger partial charge in [-0.05, 0) is 17.5 Å². The number of carbonyl (C=O) groups excluding carboxylic acids is 1. The standard InChI is InChI=1S/C15H21N3O/c1-15(2,3)13(17)14(19)18(11-7-10-16)12-8-5-4-6-9-12/h4-6,8-9,13H,7,11,17H2,1-3H3. The summed E-state index contributed by atoms with van der Waals surface area (Å²) in [5.41, 5.74) is 6.50. The molecule has 0 radical (unpaired) electrons. The van der Waals surface area contributed by atoms with Gasteiger partial charge in [-0.1, -0.05) is 39.0 Å². The normalized spacial score (nSPS) is 12.6. The Morgan fingerprint density at radius 3 is 2.42 bits per heavy atom. The van der Waals surface area contributed by atoms with E-state index in [-0.39, 0.29) is 17.7 Å². The molecule has 102 valence electrons. The number of anilines is 1. The second-order valence-corrected chi connectivity index (χ2v) is 5.58. The Morgan fingerprint density at radius 2 is 1.95 bits per heavy atom. The highest BCUT2D eigenvalue weighted by atomic mass is 16.2. The first kappa shape index (κ1) is 15.2. The van der Waals surface area contributed by atoms with Crippen LogP contribution in [0.1, 0.15) is 27.2 Å². The first-order valence-corrected chi connectivity index (χ1v) is 6.37. The Bertz CT molecular complexity index is 457. The molecule has 0 bridgehead atoms. The molecule has 4 nitrogen and oxygen atoms in total. The quantitative estimate of drug-likeness (QED) is 0.902. The van der Waals surface area contributed by atoms with Gasteiger partial charge in [0, 0.05) is 12.2 Å². The zero-order chi connectivity index (χ0) is 14.5. The number of para-hydroxylation sites is 1. The van der Waals surface area contributed by atoms with Crippen LogP contribution >= 0.6 is 0 Å². The van der Waals surface area contributed by atoms with Gasteiger partial charge in [0.15, 0.2) is 0 Å². The lowest BCUT2D eigenvalue weighted by molar-refractivity contribution is -0.121. The van der Waals surface area contributed by atoms with Gasteiger partial charge < -0.3 is 10.6 Å². The molecule has 1 rings (SSSR count). The van der Waals surface area contributed by atoms with Crippen molar-refractivity contribution in [2.45, 2.75) is 33.2 Å². The van der Waals surface area contributed by atoms with Gasteiger partial charge in [-0.15, -0.1) is 0 Å². The Kier molecular flexibility index (Phi) is 5.08. The van der Waals surface area contributed by atoms with E-state index >= 15 is 0 Å². The average molecular weight is 259 g/mol. The molecule has 0 fully saturated rings. The molecule has 0 heterocycles. The summed E-state index contributed by atoms with van der Waals surface area (Å²) < 4.78 is 0. The Labute approximate surface area is 114 Å². The fourth-order valence-corrected chi connectivity index (χ4v) is 1.67. The van der Waals surface area contributed by atoms with Crippen molar-refractivity contribution in [2.75, 3.05) is 11.4 Å². The molecule has 1 aromatic carbocycles. The molecule has 1 amide bonds. The number of rotatable bonds is 4. The van der Waals surface area contributed by atoms with Crippen molar-refractivity contribution >= 4 is 11.6 Å². The van der Waals surface area contributed by atoms with Gasteiger partial charge in [-0.25, -0.2) is 0 Å². The first-order valence-electron chi connectivity index (χ1n) is 6.37. The lowest BCUT2D eigenvalue weighted by Gasteiger charge is -2.31. The highest BCUT2D eigenvalue weighted by Crippen LogP contribution is 2.22. The van der Waals surface area contributed by atoms with Gasteiger partial charge in [0.05, 0.1) is 18.5 Å². The predicted molar refractivity (Wildman–Crippen MR) is 76.5 cm³/mol. The average Bonchev–Trinajstić information content (AvgIpc) is 2.38. The van der Waals surface area contributed by atoms with Crippen molar-refractivity contribution in [3.05, 3.63) is 30.3 Å². The summed E-state index contributed by atoms with van der Waals surface area (Å²) in [5.74, 6) is -0.144. The van der Waals surface area contributed by atoms with Gasteiger partial charge in [-0.2, -0.15) is 5.26 Å². The van der Waals surface area contributed by atoms with Crippen molar-refractivity contribution in [2.24, 2.45) is 11.1 Å². The summed E-state index contributed by atoms with van der Waals surface area (Å²) in [7, 11) is 0. The largest absolute Gasteiger partial charge is 0.319 e. The second kappa shape index (κ2) is 6.35. The maximum Gasteiger partial charge on any atom is 0.244 e. The molecule has 0 aliphatic carbocycles. The Hall–Kier alpha value is -1.86. The summed E-state index contributed by atoms with van der Waals surface area (Å²) in [5, 5.41) is 8.72. The predicted octanol–water partition coefficient (Wildman–Crippen LogP) is 2.31. The van der Waals surface area contributed by atoms with E-state index in [1.54, 1.807) is 4.90 Å². The van der Waals surface area contributed by atoms with Crippen LogP contribution in [-0.2, 0) is 4.79 Å². The van der Waals surface area contributed by atoms with Crippen molar-refractivity contribution in [3.63, 3.8) is 0 Å². The molecular weight excluding hydrogens is 238 g/mol. The van der Waals surface area contributed by atoms with Gasteiger partial charge >= 0.3 is 0 Å². The summed E-state index contributed by atoms with van der Waals surface area (Å²) in [6.45, 7) is 6.16. The molecule has 0 aliphatic heterocycles. The highest BCUT2D eigenvalue weighted by Gasteiger charge is 2.31. The zero-order valence-corrected chi connectivity index (χ0v) is 11.8. The summed E-state index contributed by atoms with van der Waals surface area (Å²) in [6.07, 6.45) is 0.289. The molecule has 1 aromatic rings. The van der Waals surface area contributed by atoms with E-state index < -0.39 is 6.04 Å². The summed E-state index contributed by atoms with van der Waals surface area (Å²) in [6, 6.07) is 10.8. The molecule has 0 saturated heterocycles. The van der Waals surface area contributed by atoms with Crippen LogP contribution in [0.25, 0.3) is 0 Å². The molecule has 1 unspecified atom stereocenters. The van der Waals surface area contributed by atoms with Crippen LogP contribution in [0, 0.1) is 16.7 Å². The number of nitrogens with zero attached hydrogens (tertiary/aromatic N) is 2. The van der Waals surface area contributed by atoms with Crippen LogP contribution in [0.2, 0.25) is 0 Å². The molecule has 0 aromatic heterocycles. The zero-order valence-electron chi connectivity index (χ0n) is 11.8. The van der Waals surface area contributed by atoms with Gasteiger partial charge in [0.25, 0.3) is 0 Å². The number of amides is 1. The molecule has 0 spiro atoms. The van der Waals surface area contributed by atoms with Crippen LogP contribution in [0.3, 0.4) is 0 Å². The number of hydrogen-bond acceptors (Lipinski definition) is 3. The first-order chi connectivity index (χ1) is 8.88. The second-order valence-electron chi connectivity index (χ2n) is 5.58. The summed E-state index contributed by atoms with van der Waals surface area (Å²) in [4.78, 5) is 14.1. The van der Waals surface area contributed by atoms with E-state index in [4.69, 9.17) is 11.0 Å². The summed E-state index contributed by atoms with van der Waals surface area (Å²) >= 11 is 0. The molecule has 0 aliphatic rings. The Morgan fingerprint density at radius 1 is 1.37 bits per heavy atom. The van der Waals surface area contributed by atoms with Crippen molar-refractivity contribution < 1.29 is 4.79 Å². The number of carbonyl (C=O) groups is 1. The van der Waals surface area contributed by atoms with Crippen LogP contribution in [0.5, 0.6) is 0 Å². The minimum absolute atomic E-state index is 0.144. The minimum atomic E-state index is -0.591. The van der Waals surface area contributed by atoms with Crippen LogP contribution in [-0.4, -0.2) is 18.5 Å². The van der Waals surface area contributed by atoms with Gasteiger partial charge in [0.2, 0.25) is 5.91 Å². The van der Waals surface area contributed by atoms with Crippen molar-refractivity contribution in [1.82, 2.24) is 0 Å². The molecule has 4 heteroatoms. The van der Waals surface area contributed by atoms with E-state index in [1.165, 1.54) is 0 Å². The van der Waals surface area contributed by atoms with Crippen molar-refractivity contribution in [1.29, 1.82) is 5.26 Å². The maximum absolute atomic E-state index is 12.5. The van der Waals surface area contributed by atoms with Crippen LogP contribution in [0.15, 0.2) is 30.3 Å². The van der Waals surface area contributed by atoms with Crippen molar-refractivity contribution in [3.8, 4) is 6.07 Å². The third kappa shape index (κ3) is 4.08. The SMILES string of the molecule is CC(C)(C)C(N)C(=O)N(CCC#N)c1ccccc1. The monoisotopic (exact) mass is 259 g/mol. The van der Waals surface area contributed by atoms with Gasteiger partial charge in [-0.3, -0.25) is 4.79 Å². The molecule has 2 N–H and O–H groups in total. The van der Waals surface area contributed by atoms with Crippen LogP contribution in [0.4, 0.5) is 5.69 Å². The smallest absolute Gasteiger partial charge is 0.244 e. The number of hydrogen-bond donors (Lipinski definition) is 1. The van der Waals surface area contributed by atoms with E-state index in [0.29, 0.717) is 6.54 Å². The third-order valence-corrected chi connectivity index (χ3v) is 2.98. The Balaban J connectivity index is 2.99. The number of nitriles is 1. The van der Waals surface area contributed by atoms with Gasteiger partial charge in [0.1, 0.15) is 0 Å². The highest BCUT2D eigenvalue weighted by molar-refractivity contribution is 5.97. The van der Waals surface area contributed by atoms with E-state index in [0.717, 1.165) is 5.69 Å². The number of benzene rings is 1. The van der Waals surface area contributed by atoms with E-state index in [1.807, 2.05) is 51.1 Å². The number of nitrogens with two attached hydrogens (primary N) is 1. The fraction of sp³-hybridized carbons (Fsp3) is 0.467. The fourth-order valence-electron chi connectivity index (χ4n) is 1.67. The molecule has 19 heavy (non-hydrogen) atoms. The van der Waals surface area contributed by atoms with E-state index in [9.17, 15) is 4.79 Å². The van der Waals surface area contributed by atoms with Crippen LogP contribution < -0.4 is 10.6 Å².